The molecule has 1 saturated carbocycles. The first-order valence-corrected chi connectivity index (χ1v) is 7.14. The van der Waals surface area contributed by atoms with E-state index < -0.39 is 5.60 Å². The van der Waals surface area contributed by atoms with Crippen LogP contribution in [0.3, 0.4) is 0 Å². The Hall–Kier alpha value is -0.380. The molecule has 1 fully saturated rings. The molecule has 0 aromatic rings. The van der Waals surface area contributed by atoms with Gasteiger partial charge in [0, 0.05) is 6.04 Å². The Labute approximate surface area is 110 Å². The van der Waals surface area contributed by atoms with Crippen molar-refractivity contribution in [3.63, 3.8) is 0 Å². The van der Waals surface area contributed by atoms with Crippen LogP contribution in [0.2, 0.25) is 0 Å². The summed E-state index contributed by atoms with van der Waals surface area (Å²) in [6, 6.07) is 0.293. The minimum absolute atomic E-state index is 0.282. The minimum atomic E-state index is -0.409. The molecule has 1 aliphatic carbocycles. The molecule has 1 amide bonds. The van der Waals surface area contributed by atoms with Gasteiger partial charge in [-0.05, 0) is 64.5 Å². The van der Waals surface area contributed by atoms with Crippen LogP contribution in [0.25, 0.3) is 0 Å². The summed E-state index contributed by atoms with van der Waals surface area (Å²) in [5.41, 5.74) is -0.409. The van der Waals surface area contributed by atoms with Crippen LogP contribution >= 0.6 is 12.6 Å². The molecule has 0 aliphatic heterocycles. The summed E-state index contributed by atoms with van der Waals surface area (Å²) >= 11 is 4.27. The fourth-order valence-electron chi connectivity index (χ4n) is 2.25. The Morgan fingerprint density at radius 3 is 2.35 bits per heavy atom. The third-order valence-electron chi connectivity index (χ3n) is 3.10. The van der Waals surface area contributed by atoms with E-state index in [1.165, 1.54) is 19.3 Å². The zero-order valence-corrected chi connectivity index (χ0v) is 12.1. The normalized spacial score (nSPS) is 25.4. The second kappa shape index (κ2) is 6.53. The van der Waals surface area contributed by atoms with Gasteiger partial charge in [-0.3, -0.25) is 0 Å². The van der Waals surface area contributed by atoms with E-state index in [4.69, 9.17) is 4.74 Å². The molecule has 4 heteroatoms. The van der Waals surface area contributed by atoms with Gasteiger partial charge >= 0.3 is 6.09 Å². The molecule has 0 unspecified atom stereocenters. The average Bonchev–Trinajstić information content (AvgIpc) is 2.18. The van der Waals surface area contributed by atoms with Gasteiger partial charge in [0.25, 0.3) is 0 Å². The van der Waals surface area contributed by atoms with Gasteiger partial charge in [-0.1, -0.05) is 0 Å². The number of rotatable bonds is 3. The molecule has 17 heavy (non-hydrogen) atoms. The fraction of sp³-hybridized carbons (Fsp3) is 0.923. The maximum atomic E-state index is 11.6. The molecule has 1 rings (SSSR count). The summed E-state index contributed by atoms with van der Waals surface area (Å²) in [7, 11) is 0. The Kier molecular flexibility index (Phi) is 5.63. The van der Waals surface area contributed by atoms with Crippen LogP contribution in [0.1, 0.15) is 52.9 Å². The molecular weight excluding hydrogens is 234 g/mol. The van der Waals surface area contributed by atoms with Gasteiger partial charge in [0.15, 0.2) is 0 Å². The van der Waals surface area contributed by atoms with Gasteiger partial charge in [-0.2, -0.15) is 12.6 Å². The van der Waals surface area contributed by atoms with Crippen LogP contribution < -0.4 is 5.32 Å². The summed E-state index contributed by atoms with van der Waals surface area (Å²) in [6.07, 6.45) is 5.44. The number of carbonyl (C=O) groups excluding carboxylic acids is 1. The quantitative estimate of drug-likeness (QED) is 0.762. The summed E-state index contributed by atoms with van der Waals surface area (Å²) in [4.78, 5) is 11.6. The minimum Gasteiger partial charge on any atom is -0.444 e. The predicted molar refractivity (Wildman–Crippen MR) is 73.6 cm³/mol. The monoisotopic (exact) mass is 259 g/mol. The van der Waals surface area contributed by atoms with Crippen molar-refractivity contribution >= 4 is 18.7 Å². The highest BCUT2D eigenvalue weighted by molar-refractivity contribution is 7.80. The maximum absolute atomic E-state index is 11.6. The molecule has 3 nitrogen and oxygen atoms in total. The van der Waals surface area contributed by atoms with Crippen LogP contribution in [0, 0.1) is 5.92 Å². The number of hydrogen-bond donors (Lipinski definition) is 2. The molecule has 0 spiro atoms. The molecule has 1 aliphatic rings. The summed E-state index contributed by atoms with van der Waals surface area (Å²) in [6.45, 7) is 5.66. The Bertz CT molecular complexity index is 242. The number of nitrogens with one attached hydrogen (secondary N) is 1. The molecule has 0 heterocycles. The van der Waals surface area contributed by atoms with E-state index in [0.717, 1.165) is 24.5 Å². The van der Waals surface area contributed by atoms with Crippen LogP contribution in [0.4, 0.5) is 4.79 Å². The molecule has 0 radical (unpaired) electrons. The van der Waals surface area contributed by atoms with E-state index in [2.05, 4.69) is 17.9 Å². The van der Waals surface area contributed by atoms with Gasteiger partial charge in [0.1, 0.15) is 5.60 Å². The summed E-state index contributed by atoms with van der Waals surface area (Å²) < 4.78 is 5.25. The van der Waals surface area contributed by atoms with Crippen molar-refractivity contribution in [2.75, 3.05) is 5.75 Å². The largest absolute Gasteiger partial charge is 0.444 e. The van der Waals surface area contributed by atoms with Crippen molar-refractivity contribution < 1.29 is 9.53 Å². The average molecular weight is 259 g/mol. The lowest BCUT2D eigenvalue weighted by atomic mass is 9.84. The Balaban J connectivity index is 2.24. The number of alkyl carbamates (subject to hydrolysis) is 1. The van der Waals surface area contributed by atoms with Crippen LogP contribution in [0.5, 0.6) is 0 Å². The predicted octanol–water partition coefficient (Wildman–Crippen LogP) is 3.39. The molecule has 0 aromatic heterocycles. The van der Waals surface area contributed by atoms with E-state index in [0.29, 0.717) is 6.04 Å². The standard InChI is InChI=1S/C13H25NO2S/c1-13(2,3)16-12(15)14-11-6-4-10(5-7-11)8-9-17/h10-11,17H,4-9H2,1-3H3,(H,14,15). The number of hydrogen-bond acceptors (Lipinski definition) is 3. The number of carbonyl (C=O) groups is 1. The van der Waals surface area contributed by atoms with Crippen molar-refractivity contribution in [3.8, 4) is 0 Å². The second-order valence-electron chi connectivity index (χ2n) is 5.88. The SMILES string of the molecule is CC(C)(C)OC(=O)NC1CCC(CCS)CC1. The smallest absolute Gasteiger partial charge is 0.407 e. The molecule has 0 saturated heterocycles. The van der Waals surface area contributed by atoms with Crippen molar-refractivity contribution in [3.05, 3.63) is 0 Å². The van der Waals surface area contributed by atoms with Crippen molar-refractivity contribution in [1.82, 2.24) is 5.32 Å². The number of amides is 1. The third kappa shape index (κ3) is 6.20. The van der Waals surface area contributed by atoms with E-state index >= 15 is 0 Å². The highest BCUT2D eigenvalue weighted by Gasteiger charge is 2.24. The van der Waals surface area contributed by atoms with Crippen molar-refractivity contribution in [1.29, 1.82) is 0 Å². The highest BCUT2D eigenvalue weighted by Crippen LogP contribution is 2.27. The molecule has 0 aromatic carbocycles. The fourth-order valence-corrected chi connectivity index (χ4v) is 2.62. The van der Waals surface area contributed by atoms with Crippen molar-refractivity contribution in [2.45, 2.75) is 64.5 Å². The zero-order valence-electron chi connectivity index (χ0n) is 11.2. The lowest BCUT2D eigenvalue weighted by Gasteiger charge is -2.29. The summed E-state index contributed by atoms with van der Waals surface area (Å²) in [5, 5.41) is 2.96. The van der Waals surface area contributed by atoms with Gasteiger partial charge < -0.3 is 10.1 Å². The van der Waals surface area contributed by atoms with E-state index in [9.17, 15) is 4.79 Å². The highest BCUT2D eigenvalue weighted by atomic mass is 32.1. The van der Waals surface area contributed by atoms with Gasteiger partial charge in [0.2, 0.25) is 0 Å². The lowest BCUT2D eigenvalue weighted by Crippen LogP contribution is -2.40. The lowest BCUT2D eigenvalue weighted by molar-refractivity contribution is 0.0487. The van der Waals surface area contributed by atoms with E-state index in [1.54, 1.807) is 0 Å². The first-order valence-electron chi connectivity index (χ1n) is 6.51. The van der Waals surface area contributed by atoms with Gasteiger partial charge in [0.05, 0.1) is 0 Å². The van der Waals surface area contributed by atoms with Gasteiger partial charge in [-0.25, -0.2) is 4.79 Å². The first-order chi connectivity index (χ1) is 7.90. The van der Waals surface area contributed by atoms with Crippen molar-refractivity contribution in [2.24, 2.45) is 5.92 Å². The van der Waals surface area contributed by atoms with Crippen LogP contribution in [-0.4, -0.2) is 23.5 Å². The maximum Gasteiger partial charge on any atom is 0.407 e. The third-order valence-corrected chi connectivity index (χ3v) is 3.36. The molecule has 0 bridgehead atoms. The summed E-state index contributed by atoms with van der Waals surface area (Å²) in [5.74, 6) is 1.76. The van der Waals surface area contributed by atoms with E-state index in [-0.39, 0.29) is 6.09 Å². The first kappa shape index (κ1) is 14.7. The molecule has 1 N–H and O–H groups in total. The number of thiol groups is 1. The molecular formula is C13H25NO2S. The topological polar surface area (TPSA) is 38.3 Å². The Morgan fingerprint density at radius 1 is 1.29 bits per heavy atom. The second-order valence-corrected chi connectivity index (χ2v) is 6.32. The van der Waals surface area contributed by atoms with Crippen LogP contribution in [-0.2, 0) is 4.74 Å². The van der Waals surface area contributed by atoms with E-state index in [1.807, 2.05) is 20.8 Å². The number of ether oxygens (including phenoxy) is 1. The zero-order chi connectivity index (χ0) is 12.9. The Morgan fingerprint density at radius 2 is 1.88 bits per heavy atom. The molecule has 0 atom stereocenters. The van der Waals surface area contributed by atoms with Gasteiger partial charge in [-0.15, -0.1) is 0 Å². The van der Waals surface area contributed by atoms with Crippen LogP contribution in [0.15, 0.2) is 0 Å². The molecule has 100 valence electrons.